The minimum absolute atomic E-state index is 0. The fraction of sp³-hybridized carbons (Fsp3) is 0. The molecule has 0 spiro atoms. The molecule has 0 amide bonds. The van der Waals surface area contributed by atoms with Crippen LogP contribution in [0.5, 0.6) is 0 Å². The Hall–Kier alpha value is 8.74. The molecule has 0 aliphatic carbocycles. The smallest absolute Gasteiger partial charge is 1.00 e. The molecule has 2 radical (unpaired) electrons. The summed E-state index contributed by atoms with van der Waals surface area (Å²) in [6.45, 7) is 0. The van der Waals surface area contributed by atoms with Crippen LogP contribution in [0.4, 0.5) is 0 Å². The SMILES string of the molecule is [Ca+2].[I-].[I-].[I-].[I-].[I-].[I-].[I-].[I-].[Pb+2].[Ti+4]. The van der Waals surface area contributed by atoms with Crippen molar-refractivity contribution < 1.29 is 214 Å². The second kappa shape index (κ2) is 77.2. The molecular formula is CaI8PbTi. The number of rotatable bonds is 0. The van der Waals surface area contributed by atoms with E-state index in [0.717, 1.165) is 0 Å². The van der Waals surface area contributed by atoms with Crippen molar-refractivity contribution in [1.29, 1.82) is 0 Å². The first-order chi connectivity index (χ1) is 0. The summed E-state index contributed by atoms with van der Waals surface area (Å²) in [7, 11) is 0. The third-order valence-corrected chi connectivity index (χ3v) is 0. The summed E-state index contributed by atoms with van der Waals surface area (Å²) in [5.41, 5.74) is 0. The van der Waals surface area contributed by atoms with Gasteiger partial charge in [0.2, 0.25) is 0 Å². The molecule has 0 N–H and O–H groups in total. The van der Waals surface area contributed by atoms with Gasteiger partial charge in [-0.1, -0.05) is 0 Å². The molecule has 0 bridgehead atoms. The van der Waals surface area contributed by atoms with Crippen LogP contribution in [-0.4, -0.2) is 65.0 Å². The van der Waals surface area contributed by atoms with Gasteiger partial charge in [0.1, 0.15) is 0 Å². The van der Waals surface area contributed by atoms with Crippen LogP contribution in [0.15, 0.2) is 0 Å². The number of halogens is 8. The Bertz CT molecular complexity index is 14.1. The molecule has 0 rings (SSSR count). The molecule has 0 aromatic carbocycles. The van der Waals surface area contributed by atoms with Crippen molar-refractivity contribution >= 4 is 65.0 Å². The van der Waals surface area contributed by atoms with Gasteiger partial charge in [-0.25, -0.2) is 0 Å². The van der Waals surface area contributed by atoms with Gasteiger partial charge in [-0.2, -0.15) is 0 Å². The Balaban J connectivity index is 0. The van der Waals surface area contributed by atoms with Gasteiger partial charge in [-0.15, -0.1) is 0 Å². The first-order valence-electron chi connectivity index (χ1n) is 0. The molecule has 0 unspecified atom stereocenters. The fourth-order valence-electron chi connectivity index (χ4n) is 0. The minimum atomic E-state index is 0. The van der Waals surface area contributed by atoms with E-state index in [-0.39, 0.29) is 279 Å². The molecule has 0 aromatic rings. The van der Waals surface area contributed by atoms with Crippen molar-refractivity contribution in [3.8, 4) is 0 Å². The maximum absolute atomic E-state index is 0. The Morgan fingerprint density at radius 2 is 0.364 bits per heavy atom. The average Bonchev–Trinajstić information content (AvgIpc) is 0. The summed E-state index contributed by atoms with van der Waals surface area (Å²) < 4.78 is 0. The molecule has 0 atom stereocenters. The second-order valence-electron chi connectivity index (χ2n) is 0. The Labute approximate surface area is 270 Å². The first kappa shape index (κ1) is 90.8. The maximum atomic E-state index is 0. The van der Waals surface area contributed by atoms with Crippen molar-refractivity contribution in [2.75, 3.05) is 0 Å². The summed E-state index contributed by atoms with van der Waals surface area (Å²) in [5.74, 6) is 0. The van der Waals surface area contributed by atoms with Gasteiger partial charge in [0.25, 0.3) is 0 Å². The Kier molecular flexibility index (Phi) is 637. The van der Waals surface area contributed by atoms with Crippen LogP contribution in [0.1, 0.15) is 0 Å². The van der Waals surface area contributed by atoms with E-state index in [0.29, 0.717) is 0 Å². The molecule has 0 saturated carbocycles. The van der Waals surface area contributed by atoms with Crippen LogP contribution in [0, 0.1) is 0 Å². The maximum Gasteiger partial charge on any atom is 4.00 e. The monoisotopic (exact) mass is 1310 g/mol. The van der Waals surface area contributed by atoms with Gasteiger partial charge < -0.3 is 192 Å². The fourth-order valence-corrected chi connectivity index (χ4v) is 0. The number of hydrogen-bond donors (Lipinski definition) is 0. The first-order valence-corrected chi connectivity index (χ1v) is 0. The van der Waals surface area contributed by atoms with Crippen molar-refractivity contribution in [2.24, 2.45) is 0 Å². The Morgan fingerprint density at radius 1 is 0.364 bits per heavy atom. The van der Waals surface area contributed by atoms with Crippen molar-refractivity contribution in [3.05, 3.63) is 0 Å². The Morgan fingerprint density at radius 3 is 0.364 bits per heavy atom. The van der Waals surface area contributed by atoms with E-state index in [2.05, 4.69) is 0 Å². The van der Waals surface area contributed by atoms with Gasteiger partial charge in [0.15, 0.2) is 0 Å². The van der Waals surface area contributed by atoms with Gasteiger partial charge in [-0.05, 0) is 0 Å². The van der Waals surface area contributed by atoms with E-state index in [4.69, 9.17) is 0 Å². The van der Waals surface area contributed by atoms with Crippen molar-refractivity contribution in [3.63, 3.8) is 0 Å². The zero-order chi connectivity index (χ0) is 0. The predicted molar refractivity (Wildman–Crippen MR) is 11.5 cm³/mol. The van der Waals surface area contributed by atoms with Crippen LogP contribution in [0.3, 0.4) is 0 Å². The summed E-state index contributed by atoms with van der Waals surface area (Å²) in [6.07, 6.45) is 0. The predicted octanol–water partition coefficient (Wildman–Crippen LogP) is -24.7. The van der Waals surface area contributed by atoms with Gasteiger partial charge in [-0.3, -0.25) is 0 Å². The zero-order valence-electron chi connectivity index (χ0n) is 4.73. The molecule has 0 saturated heterocycles. The average molecular weight is 1310 g/mol. The molecule has 0 aromatic heterocycles. The van der Waals surface area contributed by atoms with Crippen LogP contribution in [-0.2, 0) is 21.7 Å². The van der Waals surface area contributed by atoms with E-state index in [1.165, 1.54) is 0 Å². The van der Waals surface area contributed by atoms with Crippen molar-refractivity contribution in [2.45, 2.75) is 0 Å². The minimum Gasteiger partial charge on any atom is -1.00 e. The molecule has 0 fully saturated rings. The third-order valence-electron chi connectivity index (χ3n) is 0. The molecule has 0 aliphatic rings. The van der Waals surface area contributed by atoms with Crippen LogP contribution in [0.2, 0.25) is 0 Å². The summed E-state index contributed by atoms with van der Waals surface area (Å²) in [6, 6.07) is 0. The molecule has 11 heteroatoms. The second-order valence-corrected chi connectivity index (χ2v) is 0. The van der Waals surface area contributed by atoms with Gasteiger partial charge >= 0.3 is 86.8 Å². The van der Waals surface area contributed by atoms with E-state index >= 15 is 0 Å². The summed E-state index contributed by atoms with van der Waals surface area (Å²) in [4.78, 5) is 0. The standard InChI is InChI=1S/Ca.8HI.Pb.Ti/h;8*1H;;/q+2;;;;;;;;;+2;+4/p-8. The van der Waals surface area contributed by atoms with E-state index in [9.17, 15) is 0 Å². The van der Waals surface area contributed by atoms with E-state index in [1.54, 1.807) is 0 Å². The molecular weight excluding hydrogens is 1310 g/mol. The van der Waals surface area contributed by atoms with Crippen molar-refractivity contribution in [1.82, 2.24) is 0 Å². The summed E-state index contributed by atoms with van der Waals surface area (Å²) in [5, 5.41) is 0. The molecule has 0 aliphatic heterocycles. The van der Waals surface area contributed by atoms with Crippen LogP contribution < -0.4 is 192 Å². The van der Waals surface area contributed by atoms with E-state index < -0.39 is 0 Å². The third kappa shape index (κ3) is 68.8. The topological polar surface area (TPSA) is 0 Å². The zero-order valence-corrected chi connectivity index (χ0v) is 29.6. The molecule has 11 heavy (non-hydrogen) atoms. The molecule has 0 nitrogen and oxygen atoms in total. The van der Waals surface area contributed by atoms with Crippen LogP contribution in [0.25, 0.3) is 0 Å². The largest absolute Gasteiger partial charge is 4.00 e. The van der Waals surface area contributed by atoms with Gasteiger partial charge in [0.05, 0.1) is 0 Å². The molecule has 66 valence electrons. The normalized spacial score (nSPS) is 0. The number of hydrogen-bond acceptors (Lipinski definition) is 0. The van der Waals surface area contributed by atoms with Gasteiger partial charge in [0, 0.05) is 0 Å². The quantitative estimate of drug-likeness (QED) is 0.168. The molecule has 0 heterocycles. The van der Waals surface area contributed by atoms with E-state index in [1.807, 2.05) is 0 Å². The summed E-state index contributed by atoms with van der Waals surface area (Å²) >= 11 is 0. The van der Waals surface area contributed by atoms with Crippen LogP contribution >= 0.6 is 0 Å².